The summed E-state index contributed by atoms with van der Waals surface area (Å²) in [7, 11) is 0. The first-order valence-electron chi connectivity index (χ1n) is 6.67. The Morgan fingerprint density at radius 1 is 1.25 bits per heavy atom. The Morgan fingerprint density at radius 3 is 2.85 bits per heavy atom. The first-order chi connectivity index (χ1) is 9.70. The molecule has 0 spiro atoms. The third-order valence-corrected chi connectivity index (χ3v) is 3.30. The van der Waals surface area contributed by atoms with Crippen molar-refractivity contribution in [2.45, 2.75) is 13.8 Å². The molecule has 2 aromatic heterocycles. The zero-order valence-corrected chi connectivity index (χ0v) is 11.6. The predicted molar refractivity (Wildman–Crippen MR) is 80.9 cm³/mol. The number of nitrogens with zero attached hydrogens (tertiary/aromatic N) is 2. The van der Waals surface area contributed by atoms with Crippen molar-refractivity contribution in [3.05, 3.63) is 48.2 Å². The fourth-order valence-electron chi connectivity index (χ4n) is 2.33. The second kappa shape index (κ2) is 4.89. The second-order valence-corrected chi connectivity index (χ2v) is 4.69. The van der Waals surface area contributed by atoms with E-state index in [2.05, 4.69) is 4.98 Å². The van der Waals surface area contributed by atoms with E-state index in [-0.39, 0.29) is 0 Å². The number of ether oxygens (including phenoxy) is 1. The number of hydrogen-bond acceptors (Lipinski definition) is 3. The molecule has 0 fully saturated rings. The molecule has 2 N–H and O–H groups in total. The number of imidazole rings is 1. The number of nitrogen functional groups attached to an aromatic ring is 1. The van der Waals surface area contributed by atoms with Crippen molar-refractivity contribution < 1.29 is 4.74 Å². The van der Waals surface area contributed by atoms with Gasteiger partial charge in [0.2, 0.25) is 0 Å². The van der Waals surface area contributed by atoms with E-state index in [1.807, 2.05) is 60.8 Å². The van der Waals surface area contributed by atoms with Gasteiger partial charge in [-0.25, -0.2) is 4.98 Å². The number of nitrogens with two attached hydrogens (primary N) is 1. The standard InChI is InChI=1S/C16H17N3O/c1-3-20-13-8-4-7-12(10-13)14-15(17)19-9-5-6-11(2)16(19)18-14/h4-10H,3,17H2,1-2H3. The van der Waals surface area contributed by atoms with Crippen LogP contribution in [0.2, 0.25) is 0 Å². The maximum Gasteiger partial charge on any atom is 0.142 e. The first-order valence-corrected chi connectivity index (χ1v) is 6.67. The minimum absolute atomic E-state index is 0.642. The molecule has 102 valence electrons. The van der Waals surface area contributed by atoms with E-state index in [1.54, 1.807) is 0 Å². The lowest BCUT2D eigenvalue weighted by molar-refractivity contribution is 0.340. The quantitative estimate of drug-likeness (QED) is 0.792. The summed E-state index contributed by atoms with van der Waals surface area (Å²) in [6, 6.07) is 11.9. The summed E-state index contributed by atoms with van der Waals surface area (Å²) in [5.41, 5.74) is 9.98. The summed E-state index contributed by atoms with van der Waals surface area (Å²) in [4.78, 5) is 4.67. The first kappa shape index (κ1) is 12.5. The maximum absolute atomic E-state index is 6.22. The molecule has 1 aromatic carbocycles. The van der Waals surface area contributed by atoms with Gasteiger partial charge in [0.05, 0.1) is 6.61 Å². The number of rotatable bonds is 3. The van der Waals surface area contributed by atoms with Gasteiger partial charge >= 0.3 is 0 Å². The third-order valence-electron chi connectivity index (χ3n) is 3.30. The van der Waals surface area contributed by atoms with Crippen LogP contribution in [0.3, 0.4) is 0 Å². The molecule has 0 atom stereocenters. The molecule has 4 nitrogen and oxygen atoms in total. The van der Waals surface area contributed by atoms with Crippen molar-refractivity contribution >= 4 is 11.5 Å². The Hall–Kier alpha value is -2.49. The van der Waals surface area contributed by atoms with E-state index >= 15 is 0 Å². The van der Waals surface area contributed by atoms with E-state index in [0.717, 1.165) is 28.2 Å². The maximum atomic E-state index is 6.22. The van der Waals surface area contributed by atoms with Gasteiger partial charge in [-0.05, 0) is 37.6 Å². The van der Waals surface area contributed by atoms with Crippen LogP contribution < -0.4 is 10.5 Å². The molecule has 4 heteroatoms. The van der Waals surface area contributed by atoms with E-state index in [9.17, 15) is 0 Å². The molecule has 0 aliphatic rings. The van der Waals surface area contributed by atoms with Gasteiger partial charge in [-0.1, -0.05) is 18.2 Å². The topological polar surface area (TPSA) is 52.5 Å². The van der Waals surface area contributed by atoms with Crippen molar-refractivity contribution in [1.82, 2.24) is 9.38 Å². The van der Waals surface area contributed by atoms with Crippen LogP contribution in [-0.2, 0) is 0 Å². The molecular formula is C16H17N3O. The lowest BCUT2D eigenvalue weighted by Crippen LogP contribution is -1.95. The number of anilines is 1. The monoisotopic (exact) mass is 267 g/mol. The average Bonchev–Trinajstić information content (AvgIpc) is 2.79. The van der Waals surface area contributed by atoms with Crippen LogP contribution in [0.1, 0.15) is 12.5 Å². The number of fused-ring (bicyclic) bond motifs is 1. The van der Waals surface area contributed by atoms with Gasteiger partial charge in [0.25, 0.3) is 0 Å². The van der Waals surface area contributed by atoms with Gasteiger partial charge in [-0.2, -0.15) is 0 Å². The van der Waals surface area contributed by atoms with Gasteiger partial charge in [-0.15, -0.1) is 0 Å². The van der Waals surface area contributed by atoms with Crippen molar-refractivity contribution in [2.75, 3.05) is 12.3 Å². The molecule has 0 aliphatic carbocycles. The van der Waals surface area contributed by atoms with E-state index in [1.165, 1.54) is 0 Å². The van der Waals surface area contributed by atoms with Crippen molar-refractivity contribution in [3.8, 4) is 17.0 Å². The smallest absolute Gasteiger partial charge is 0.142 e. The molecule has 0 saturated heterocycles. The predicted octanol–water partition coefficient (Wildman–Crippen LogP) is 3.29. The summed E-state index contributed by atoms with van der Waals surface area (Å²) in [6.45, 7) is 4.64. The Balaban J connectivity index is 2.17. The van der Waals surface area contributed by atoms with Gasteiger partial charge in [0, 0.05) is 11.8 Å². The minimum Gasteiger partial charge on any atom is -0.494 e. The highest BCUT2D eigenvalue weighted by Gasteiger charge is 2.12. The number of aryl methyl sites for hydroxylation is 1. The molecule has 0 saturated carbocycles. The van der Waals surface area contributed by atoms with E-state index < -0.39 is 0 Å². The number of benzene rings is 1. The van der Waals surface area contributed by atoms with Gasteiger partial charge in [0.15, 0.2) is 0 Å². The lowest BCUT2D eigenvalue weighted by atomic mass is 10.1. The van der Waals surface area contributed by atoms with Crippen molar-refractivity contribution in [1.29, 1.82) is 0 Å². The molecule has 3 aromatic rings. The van der Waals surface area contributed by atoms with Gasteiger partial charge in [-0.3, -0.25) is 4.40 Å². The Morgan fingerprint density at radius 2 is 2.10 bits per heavy atom. The second-order valence-electron chi connectivity index (χ2n) is 4.69. The Bertz CT molecular complexity index is 762. The lowest BCUT2D eigenvalue weighted by Gasteiger charge is -2.05. The molecule has 0 bridgehead atoms. The molecular weight excluding hydrogens is 250 g/mol. The highest BCUT2D eigenvalue weighted by Crippen LogP contribution is 2.29. The van der Waals surface area contributed by atoms with Crippen LogP contribution in [-0.4, -0.2) is 16.0 Å². The largest absolute Gasteiger partial charge is 0.494 e. The number of hydrogen-bond donors (Lipinski definition) is 1. The van der Waals surface area contributed by atoms with Crippen molar-refractivity contribution in [3.63, 3.8) is 0 Å². The molecule has 0 unspecified atom stereocenters. The zero-order valence-electron chi connectivity index (χ0n) is 11.6. The summed E-state index contributed by atoms with van der Waals surface area (Å²) < 4.78 is 7.44. The average molecular weight is 267 g/mol. The Labute approximate surface area is 117 Å². The molecule has 2 heterocycles. The van der Waals surface area contributed by atoms with Crippen LogP contribution in [0.15, 0.2) is 42.6 Å². The molecule has 20 heavy (non-hydrogen) atoms. The molecule has 0 radical (unpaired) electrons. The van der Waals surface area contributed by atoms with Crippen LogP contribution >= 0.6 is 0 Å². The summed E-state index contributed by atoms with van der Waals surface area (Å²) in [5, 5.41) is 0. The SMILES string of the molecule is CCOc1cccc(-c2nc3c(C)cccn3c2N)c1. The number of aromatic nitrogens is 2. The molecule has 3 rings (SSSR count). The molecule has 0 amide bonds. The highest BCUT2D eigenvalue weighted by molar-refractivity contribution is 5.76. The zero-order chi connectivity index (χ0) is 14.1. The van der Waals surface area contributed by atoms with Gasteiger partial charge in [0.1, 0.15) is 22.9 Å². The van der Waals surface area contributed by atoms with Crippen LogP contribution in [0.5, 0.6) is 5.75 Å². The minimum atomic E-state index is 0.642. The summed E-state index contributed by atoms with van der Waals surface area (Å²) >= 11 is 0. The van der Waals surface area contributed by atoms with Crippen molar-refractivity contribution in [2.24, 2.45) is 0 Å². The summed E-state index contributed by atoms with van der Waals surface area (Å²) in [6.07, 6.45) is 1.93. The normalized spacial score (nSPS) is 10.9. The van der Waals surface area contributed by atoms with E-state index in [4.69, 9.17) is 10.5 Å². The fraction of sp³-hybridized carbons (Fsp3) is 0.188. The number of pyridine rings is 1. The third kappa shape index (κ3) is 1.99. The van der Waals surface area contributed by atoms with Crippen LogP contribution in [0.4, 0.5) is 5.82 Å². The van der Waals surface area contributed by atoms with Gasteiger partial charge < -0.3 is 10.5 Å². The van der Waals surface area contributed by atoms with Crippen LogP contribution in [0.25, 0.3) is 16.9 Å². The van der Waals surface area contributed by atoms with E-state index in [0.29, 0.717) is 12.4 Å². The Kier molecular flexibility index (Phi) is 3.06. The highest BCUT2D eigenvalue weighted by atomic mass is 16.5. The van der Waals surface area contributed by atoms with Crippen LogP contribution in [0, 0.1) is 6.92 Å². The fourth-order valence-corrected chi connectivity index (χ4v) is 2.33. The molecule has 0 aliphatic heterocycles. The summed E-state index contributed by atoms with van der Waals surface area (Å²) in [5.74, 6) is 1.48.